The molecule has 0 heterocycles. The van der Waals surface area contributed by atoms with Crippen LogP contribution < -0.4 is 5.01 Å². The zero-order valence-corrected chi connectivity index (χ0v) is 6.43. The second-order valence-electron chi connectivity index (χ2n) is 2.25. The van der Waals surface area contributed by atoms with Crippen LogP contribution in [0.15, 0.2) is 23.5 Å². The third-order valence-corrected chi connectivity index (χ3v) is 1.46. The quantitative estimate of drug-likeness (QED) is 0.395. The summed E-state index contributed by atoms with van der Waals surface area (Å²) in [5, 5.41) is 21.7. The summed E-state index contributed by atoms with van der Waals surface area (Å²) in [6, 6.07) is 4.29. The highest BCUT2D eigenvalue weighted by Crippen LogP contribution is 2.34. The van der Waals surface area contributed by atoms with Crippen molar-refractivity contribution in [3.05, 3.63) is 23.1 Å². The first-order valence-corrected chi connectivity index (χ1v) is 3.24. The van der Waals surface area contributed by atoms with E-state index in [2.05, 4.69) is 5.29 Å². The predicted molar refractivity (Wildman–Crippen MR) is 44.0 cm³/mol. The molecule has 0 bridgehead atoms. The third-order valence-electron chi connectivity index (χ3n) is 1.46. The lowest BCUT2D eigenvalue weighted by Crippen LogP contribution is -2.06. The molecule has 1 aromatic rings. The first-order valence-electron chi connectivity index (χ1n) is 3.24. The highest BCUT2D eigenvalue weighted by Gasteiger charge is 2.09. The van der Waals surface area contributed by atoms with E-state index < -0.39 is 0 Å². The molecule has 1 aromatic carbocycles. The largest absolute Gasteiger partial charge is 0.504 e. The average Bonchev–Trinajstić information content (AvgIpc) is 2.08. The van der Waals surface area contributed by atoms with Crippen molar-refractivity contribution >= 4 is 5.69 Å². The summed E-state index contributed by atoms with van der Waals surface area (Å²) in [5.41, 5.74) is 0.171. The van der Waals surface area contributed by atoms with Gasteiger partial charge in [-0.15, -0.1) is 4.91 Å². The van der Waals surface area contributed by atoms with Crippen molar-refractivity contribution in [1.82, 2.24) is 0 Å². The Hall–Kier alpha value is -1.78. The van der Waals surface area contributed by atoms with Gasteiger partial charge >= 0.3 is 0 Å². The summed E-state index contributed by atoms with van der Waals surface area (Å²) in [6.07, 6.45) is 0. The van der Waals surface area contributed by atoms with Crippen molar-refractivity contribution in [2.24, 2.45) is 5.29 Å². The molecule has 0 saturated carbocycles. The number of rotatable bonds is 2. The highest BCUT2D eigenvalue weighted by atomic mass is 16.3. The first-order chi connectivity index (χ1) is 5.66. The molecular weight excluding hydrogens is 160 g/mol. The number of hydrogen-bond acceptors (Lipinski definition) is 4. The minimum Gasteiger partial charge on any atom is -0.504 e. The van der Waals surface area contributed by atoms with Gasteiger partial charge in [0.25, 0.3) is 0 Å². The van der Waals surface area contributed by atoms with Crippen molar-refractivity contribution in [3.8, 4) is 11.5 Å². The van der Waals surface area contributed by atoms with Crippen LogP contribution in [0.1, 0.15) is 0 Å². The minimum atomic E-state index is -0.348. The van der Waals surface area contributed by atoms with Crippen molar-refractivity contribution in [3.63, 3.8) is 0 Å². The topological polar surface area (TPSA) is 73.1 Å². The summed E-state index contributed by atoms with van der Waals surface area (Å²) >= 11 is 0. The van der Waals surface area contributed by atoms with E-state index in [0.29, 0.717) is 0 Å². The van der Waals surface area contributed by atoms with E-state index in [1.54, 1.807) is 0 Å². The molecule has 0 fully saturated rings. The molecule has 0 aliphatic carbocycles. The SMILES string of the molecule is CN(N=O)c1cccc(O)c1O. The van der Waals surface area contributed by atoms with Crippen molar-refractivity contribution < 1.29 is 10.2 Å². The van der Waals surface area contributed by atoms with Crippen LogP contribution >= 0.6 is 0 Å². The van der Waals surface area contributed by atoms with Gasteiger partial charge in [0.05, 0.1) is 5.29 Å². The smallest absolute Gasteiger partial charge is 0.183 e. The number of hydrogen-bond donors (Lipinski definition) is 2. The number of para-hydroxylation sites is 1. The molecule has 0 aliphatic heterocycles. The van der Waals surface area contributed by atoms with E-state index >= 15 is 0 Å². The fourth-order valence-corrected chi connectivity index (χ4v) is 0.825. The lowest BCUT2D eigenvalue weighted by atomic mass is 10.2. The summed E-state index contributed by atoms with van der Waals surface area (Å²) in [4.78, 5) is 10.1. The summed E-state index contributed by atoms with van der Waals surface area (Å²) in [7, 11) is 1.38. The molecule has 12 heavy (non-hydrogen) atoms. The van der Waals surface area contributed by atoms with Crippen LogP contribution in [0.25, 0.3) is 0 Å². The molecule has 5 nitrogen and oxygen atoms in total. The number of phenols is 2. The number of anilines is 1. The maximum absolute atomic E-state index is 10.1. The number of nitrogens with zero attached hydrogens (tertiary/aromatic N) is 2. The number of nitroso groups, excluding NO2 is 1. The Morgan fingerprint density at radius 3 is 2.67 bits per heavy atom. The molecule has 64 valence electrons. The van der Waals surface area contributed by atoms with Gasteiger partial charge in [-0.25, -0.2) is 5.01 Å². The molecular formula is C7H8N2O3. The Bertz CT molecular complexity index is 301. The predicted octanol–water partition coefficient (Wildman–Crippen LogP) is 1.22. The first kappa shape index (κ1) is 8.32. The fourth-order valence-electron chi connectivity index (χ4n) is 0.825. The molecule has 2 N–H and O–H groups in total. The second kappa shape index (κ2) is 3.08. The molecule has 0 atom stereocenters. The van der Waals surface area contributed by atoms with Gasteiger partial charge in [0.1, 0.15) is 5.69 Å². The van der Waals surface area contributed by atoms with Gasteiger partial charge in [-0.05, 0) is 12.1 Å². The van der Waals surface area contributed by atoms with E-state index in [-0.39, 0.29) is 17.2 Å². The Labute approximate surface area is 68.8 Å². The van der Waals surface area contributed by atoms with Gasteiger partial charge in [-0.2, -0.15) is 0 Å². The molecule has 0 amide bonds. The van der Waals surface area contributed by atoms with Crippen LogP contribution in [0.4, 0.5) is 5.69 Å². The fraction of sp³-hybridized carbons (Fsp3) is 0.143. The zero-order chi connectivity index (χ0) is 9.14. The van der Waals surface area contributed by atoms with Gasteiger partial charge in [0.15, 0.2) is 11.5 Å². The van der Waals surface area contributed by atoms with Crippen LogP contribution in [0, 0.1) is 4.91 Å². The van der Waals surface area contributed by atoms with Gasteiger partial charge in [0.2, 0.25) is 0 Å². The summed E-state index contributed by atoms with van der Waals surface area (Å²) in [5.74, 6) is -0.623. The van der Waals surface area contributed by atoms with Crippen molar-refractivity contribution in [2.75, 3.05) is 12.1 Å². The van der Waals surface area contributed by atoms with Gasteiger partial charge in [-0.3, -0.25) is 0 Å². The van der Waals surface area contributed by atoms with E-state index in [9.17, 15) is 10.0 Å². The van der Waals surface area contributed by atoms with Gasteiger partial charge < -0.3 is 10.2 Å². The molecule has 1 rings (SSSR count). The van der Waals surface area contributed by atoms with Crippen molar-refractivity contribution in [2.45, 2.75) is 0 Å². The molecule has 0 spiro atoms. The van der Waals surface area contributed by atoms with E-state index in [4.69, 9.17) is 5.11 Å². The summed E-state index contributed by atoms with van der Waals surface area (Å²) in [6.45, 7) is 0. The maximum atomic E-state index is 10.1. The average molecular weight is 168 g/mol. The lowest BCUT2D eigenvalue weighted by Gasteiger charge is -2.10. The number of aromatic hydroxyl groups is 2. The van der Waals surface area contributed by atoms with Crippen LogP contribution in [-0.2, 0) is 0 Å². The minimum absolute atomic E-state index is 0.171. The van der Waals surface area contributed by atoms with Gasteiger partial charge in [-0.1, -0.05) is 6.07 Å². The van der Waals surface area contributed by atoms with Crippen LogP contribution in [-0.4, -0.2) is 17.3 Å². The van der Waals surface area contributed by atoms with E-state index in [1.807, 2.05) is 0 Å². The Balaban J connectivity index is 3.15. The molecule has 0 aromatic heterocycles. The van der Waals surface area contributed by atoms with Gasteiger partial charge in [0, 0.05) is 7.05 Å². The van der Waals surface area contributed by atoms with Crippen LogP contribution in [0.3, 0.4) is 0 Å². The Morgan fingerprint density at radius 1 is 1.42 bits per heavy atom. The zero-order valence-electron chi connectivity index (χ0n) is 6.43. The molecule has 0 saturated heterocycles. The number of benzene rings is 1. The molecule has 5 heteroatoms. The van der Waals surface area contributed by atoms with Crippen molar-refractivity contribution in [1.29, 1.82) is 0 Å². The summed E-state index contributed by atoms with van der Waals surface area (Å²) < 4.78 is 0. The maximum Gasteiger partial charge on any atom is 0.183 e. The Kier molecular flexibility index (Phi) is 2.14. The molecule has 0 unspecified atom stereocenters. The highest BCUT2D eigenvalue weighted by molar-refractivity contribution is 5.62. The molecule has 0 aliphatic rings. The van der Waals surface area contributed by atoms with E-state index in [1.165, 1.54) is 25.2 Å². The number of phenolic OH excluding ortho intramolecular Hbond substituents is 2. The lowest BCUT2D eigenvalue weighted by molar-refractivity contribution is 0.404. The second-order valence-corrected chi connectivity index (χ2v) is 2.25. The normalized spacial score (nSPS) is 9.42. The van der Waals surface area contributed by atoms with Crippen LogP contribution in [0.2, 0.25) is 0 Å². The Morgan fingerprint density at radius 2 is 2.08 bits per heavy atom. The molecule has 0 radical (unpaired) electrons. The van der Waals surface area contributed by atoms with E-state index in [0.717, 1.165) is 5.01 Å². The standard InChI is InChI=1S/C7H8N2O3/c1-9(8-12)5-3-2-4-6(10)7(5)11/h2-4,10-11H,1H3. The monoisotopic (exact) mass is 168 g/mol. The third kappa shape index (κ3) is 1.29. The van der Waals surface area contributed by atoms with Crippen LogP contribution in [0.5, 0.6) is 11.5 Å².